The van der Waals surface area contributed by atoms with Crippen LogP contribution in [0.25, 0.3) is 0 Å². The fourth-order valence-electron chi connectivity index (χ4n) is 2.02. The van der Waals surface area contributed by atoms with Gasteiger partial charge in [-0.1, -0.05) is 29.8 Å². The standard InChI is InChI=1S/C16H17ClFNO/c1-11-8-14(18)7-6-13(11)10-20-16-12(9-19-2)4-3-5-15(16)17/h3-8,19H,9-10H2,1-2H3. The van der Waals surface area contributed by atoms with Gasteiger partial charge in [-0.05, 0) is 43.3 Å². The second-order valence-electron chi connectivity index (χ2n) is 4.62. The van der Waals surface area contributed by atoms with Gasteiger partial charge in [0, 0.05) is 12.1 Å². The van der Waals surface area contributed by atoms with Crippen molar-refractivity contribution >= 4 is 11.6 Å². The van der Waals surface area contributed by atoms with E-state index >= 15 is 0 Å². The molecule has 106 valence electrons. The van der Waals surface area contributed by atoms with Crippen molar-refractivity contribution in [3.63, 3.8) is 0 Å². The molecule has 0 heterocycles. The summed E-state index contributed by atoms with van der Waals surface area (Å²) >= 11 is 6.18. The van der Waals surface area contributed by atoms with Gasteiger partial charge in [-0.2, -0.15) is 0 Å². The molecule has 0 atom stereocenters. The molecule has 0 amide bonds. The van der Waals surface area contributed by atoms with Gasteiger partial charge in [-0.3, -0.25) is 0 Å². The number of nitrogens with one attached hydrogen (secondary N) is 1. The lowest BCUT2D eigenvalue weighted by Gasteiger charge is -2.14. The van der Waals surface area contributed by atoms with E-state index in [1.165, 1.54) is 12.1 Å². The first-order valence-electron chi connectivity index (χ1n) is 6.41. The molecule has 0 aliphatic carbocycles. The SMILES string of the molecule is CNCc1cccc(Cl)c1OCc1ccc(F)cc1C. The number of hydrogen-bond donors (Lipinski definition) is 1. The Morgan fingerprint density at radius 3 is 2.70 bits per heavy atom. The van der Waals surface area contributed by atoms with Crippen molar-refractivity contribution in [1.29, 1.82) is 0 Å². The van der Waals surface area contributed by atoms with Crippen molar-refractivity contribution in [2.45, 2.75) is 20.1 Å². The number of halogens is 2. The smallest absolute Gasteiger partial charge is 0.142 e. The summed E-state index contributed by atoms with van der Waals surface area (Å²) in [5.41, 5.74) is 2.81. The molecule has 0 unspecified atom stereocenters. The molecular weight excluding hydrogens is 277 g/mol. The van der Waals surface area contributed by atoms with Crippen molar-refractivity contribution in [3.05, 3.63) is 63.9 Å². The van der Waals surface area contributed by atoms with E-state index in [4.69, 9.17) is 16.3 Å². The molecule has 20 heavy (non-hydrogen) atoms. The minimum atomic E-state index is -0.236. The lowest BCUT2D eigenvalue weighted by atomic mass is 10.1. The van der Waals surface area contributed by atoms with E-state index in [0.29, 0.717) is 23.9 Å². The first kappa shape index (κ1) is 14.8. The molecule has 1 N–H and O–H groups in total. The van der Waals surface area contributed by atoms with Crippen molar-refractivity contribution in [2.24, 2.45) is 0 Å². The van der Waals surface area contributed by atoms with E-state index in [2.05, 4.69) is 5.32 Å². The third kappa shape index (κ3) is 3.50. The van der Waals surface area contributed by atoms with Crippen molar-refractivity contribution in [2.75, 3.05) is 7.05 Å². The summed E-state index contributed by atoms with van der Waals surface area (Å²) in [5, 5.41) is 3.66. The number of rotatable bonds is 5. The highest BCUT2D eigenvalue weighted by Crippen LogP contribution is 2.29. The molecule has 0 spiro atoms. The molecule has 2 nitrogen and oxygen atoms in total. The Bertz CT molecular complexity index is 601. The highest BCUT2D eigenvalue weighted by molar-refractivity contribution is 6.32. The van der Waals surface area contributed by atoms with Crippen LogP contribution in [-0.4, -0.2) is 7.05 Å². The molecule has 0 aliphatic rings. The molecule has 2 rings (SSSR count). The third-order valence-corrected chi connectivity index (χ3v) is 3.39. The van der Waals surface area contributed by atoms with Gasteiger partial charge in [0.2, 0.25) is 0 Å². The van der Waals surface area contributed by atoms with Crippen LogP contribution in [0.15, 0.2) is 36.4 Å². The van der Waals surface area contributed by atoms with E-state index in [1.807, 2.05) is 26.1 Å². The Morgan fingerprint density at radius 2 is 2.00 bits per heavy atom. The predicted octanol–water partition coefficient (Wildman–Crippen LogP) is 4.09. The molecule has 4 heteroatoms. The summed E-state index contributed by atoms with van der Waals surface area (Å²) in [7, 11) is 1.87. The summed E-state index contributed by atoms with van der Waals surface area (Å²) in [5.74, 6) is 0.437. The van der Waals surface area contributed by atoms with Gasteiger partial charge in [0.1, 0.15) is 18.2 Å². The fourth-order valence-corrected chi connectivity index (χ4v) is 2.26. The zero-order valence-electron chi connectivity index (χ0n) is 11.5. The second kappa shape index (κ2) is 6.73. The highest BCUT2D eigenvalue weighted by atomic mass is 35.5. The van der Waals surface area contributed by atoms with Crippen LogP contribution >= 0.6 is 11.6 Å². The van der Waals surface area contributed by atoms with E-state index in [-0.39, 0.29) is 5.82 Å². The average molecular weight is 294 g/mol. The lowest BCUT2D eigenvalue weighted by Crippen LogP contribution is -2.08. The first-order chi connectivity index (χ1) is 9.61. The quantitative estimate of drug-likeness (QED) is 0.896. The summed E-state index contributed by atoms with van der Waals surface area (Å²) in [6, 6.07) is 10.3. The maximum atomic E-state index is 13.1. The van der Waals surface area contributed by atoms with Gasteiger partial charge in [-0.25, -0.2) is 4.39 Å². The van der Waals surface area contributed by atoms with E-state index in [0.717, 1.165) is 16.7 Å². The van der Waals surface area contributed by atoms with E-state index in [9.17, 15) is 4.39 Å². The van der Waals surface area contributed by atoms with Gasteiger partial charge in [-0.15, -0.1) is 0 Å². The molecule has 0 saturated carbocycles. The molecule has 2 aromatic rings. The van der Waals surface area contributed by atoms with Gasteiger partial charge in [0.15, 0.2) is 0 Å². The number of aryl methyl sites for hydroxylation is 1. The molecule has 0 fully saturated rings. The second-order valence-corrected chi connectivity index (χ2v) is 5.03. The summed E-state index contributed by atoms with van der Waals surface area (Å²) in [6.07, 6.45) is 0. The monoisotopic (exact) mass is 293 g/mol. The van der Waals surface area contributed by atoms with Crippen LogP contribution < -0.4 is 10.1 Å². The van der Waals surface area contributed by atoms with Gasteiger partial charge >= 0.3 is 0 Å². The first-order valence-corrected chi connectivity index (χ1v) is 6.79. The summed E-state index contributed by atoms with van der Waals surface area (Å²) < 4.78 is 18.9. The zero-order valence-corrected chi connectivity index (χ0v) is 12.3. The van der Waals surface area contributed by atoms with Gasteiger partial charge < -0.3 is 10.1 Å². The maximum Gasteiger partial charge on any atom is 0.142 e. The number of para-hydroxylation sites is 1. The number of hydrogen-bond acceptors (Lipinski definition) is 2. The molecule has 2 aromatic carbocycles. The van der Waals surface area contributed by atoms with Crippen LogP contribution in [0.5, 0.6) is 5.75 Å². The molecule has 0 saturated heterocycles. The van der Waals surface area contributed by atoms with Crippen molar-refractivity contribution in [3.8, 4) is 5.75 Å². The molecular formula is C16H17ClFNO. The van der Waals surface area contributed by atoms with Crippen LogP contribution in [0.4, 0.5) is 4.39 Å². The van der Waals surface area contributed by atoms with E-state index < -0.39 is 0 Å². The maximum absolute atomic E-state index is 13.1. The number of ether oxygens (including phenoxy) is 1. The van der Waals surface area contributed by atoms with Crippen LogP contribution in [0, 0.1) is 12.7 Å². The topological polar surface area (TPSA) is 21.3 Å². The van der Waals surface area contributed by atoms with Crippen LogP contribution in [0.2, 0.25) is 5.02 Å². The van der Waals surface area contributed by atoms with Crippen LogP contribution in [0.3, 0.4) is 0 Å². The lowest BCUT2D eigenvalue weighted by molar-refractivity contribution is 0.301. The van der Waals surface area contributed by atoms with Crippen LogP contribution in [0.1, 0.15) is 16.7 Å². The normalized spacial score (nSPS) is 10.6. The Balaban J connectivity index is 2.18. The van der Waals surface area contributed by atoms with E-state index in [1.54, 1.807) is 12.1 Å². The Morgan fingerprint density at radius 1 is 1.20 bits per heavy atom. The predicted molar refractivity (Wildman–Crippen MR) is 79.7 cm³/mol. The summed E-state index contributed by atoms with van der Waals surface area (Å²) in [6.45, 7) is 2.91. The molecule has 0 aliphatic heterocycles. The summed E-state index contributed by atoms with van der Waals surface area (Å²) in [4.78, 5) is 0. The Labute approximate surface area is 123 Å². The molecule has 0 aromatic heterocycles. The Kier molecular flexibility index (Phi) is 4.99. The van der Waals surface area contributed by atoms with Gasteiger partial charge in [0.05, 0.1) is 5.02 Å². The van der Waals surface area contributed by atoms with Gasteiger partial charge in [0.25, 0.3) is 0 Å². The molecule has 0 radical (unpaired) electrons. The third-order valence-electron chi connectivity index (χ3n) is 3.09. The minimum Gasteiger partial charge on any atom is -0.487 e. The van der Waals surface area contributed by atoms with Crippen molar-refractivity contribution in [1.82, 2.24) is 5.32 Å². The van der Waals surface area contributed by atoms with Crippen LogP contribution in [-0.2, 0) is 13.2 Å². The largest absolute Gasteiger partial charge is 0.487 e. The fraction of sp³-hybridized carbons (Fsp3) is 0.250. The molecule has 0 bridgehead atoms. The average Bonchev–Trinajstić information content (AvgIpc) is 2.40. The Hall–Kier alpha value is -1.58. The minimum absolute atomic E-state index is 0.236. The number of benzene rings is 2. The highest BCUT2D eigenvalue weighted by Gasteiger charge is 2.09. The van der Waals surface area contributed by atoms with Crippen molar-refractivity contribution < 1.29 is 9.13 Å². The zero-order chi connectivity index (χ0) is 14.5.